The number of benzene rings is 2. The van der Waals surface area contributed by atoms with Crippen LogP contribution in [0.3, 0.4) is 0 Å². The molecule has 1 unspecified atom stereocenters. The number of imidazole rings is 1. The number of likely N-dealkylation sites (N-methyl/N-ethyl adjacent to an activating group) is 2. The van der Waals surface area contributed by atoms with Crippen molar-refractivity contribution in [2.24, 2.45) is 18.7 Å². The van der Waals surface area contributed by atoms with Crippen molar-refractivity contribution in [1.29, 1.82) is 0 Å². The predicted molar refractivity (Wildman–Crippen MR) is 202 cm³/mol. The number of quaternary nitrogens is 1. The third-order valence-electron chi connectivity index (χ3n) is 10.0. The smallest absolute Gasteiger partial charge is 0.291 e. The summed E-state index contributed by atoms with van der Waals surface area (Å²) in [6.07, 6.45) is 3.78. The first-order valence-corrected chi connectivity index (χ1v) is 18.4. The summed E-state index contributed by atoms with van der Waals surface area (Å²) in [5, 5.41) is 7.09. The molecule has 1 atom stereocenters. The van der Waals surface area contributed by atoms with E-state index in [9.17, 15) is 19.2 Å². The lowest BCUT2D eigenvalue weighted by Gasteiger charge is -2.34. The molecule has 55 heavy (non-hydrogen) atoms. The van der Waals surface area contributed by atoms with Crippen LogP contribution in [0.25, 0.3) is 22.4 Å². The highest BCUT2D eigenvalue weighted by Gasteiger charge is 2.31. The first-order chi connectivity index (χ1) is 26.2. The summed E-state index contributed by atoms with van der Waals surface area (Å²) in [5.74, 6) is -3.72. The van der Waals surface area contributed by atoms with Gasteiger partial charge in [0.15, 0.2) is 24.0 Å². The second kappa shape index (κ2) is 18.0. The topological polar surface area (TPSA) is 162 Å². The molecule has 3 heterocycles. The van der Waals surface area contributed by atoms with Gasteiger partial charge in [-0.3, -0.25) is 23.9 Å². The van der Waals surface area contributed by atoms with E-state index in [2.05, 4.69) is 15.4 Å². The van der Waals surface area contributed by atoms with Crippen LogP contribution < -0.4 is 16.0 Å². The number of hydrogen-bond acceptors (Lipinski definition) is 7. The summed E-state index contributed by atoms with van der Waals surface area (Å²) < 4.78 is 39.1. The zero-order chi connectivity index (χ0) is 40.0. The lowest BCUT2D eigenvalue weighted by Crippen LogP contribution is -3.11. The van der Waals surface area contributed by atoms with Gasteiger partial charge in [-0.1, -0.05) is 17.7 Å². The van der Waals surface area contributed by atoms with Crippen molar-refractivity contribution >= 4 is 40.9 Å². The number of aromatic nitrogens is 4. The molecule has 17 heteroatoms. The monoisotopic (exact) mass is 782 g/mol. The molecule has 1 aliphatic heterocycles. The maximum Gasteiger partial charge on any atom is 0.291 e. The number of halogens is 3. The number of carbonyl (C=O) groups excluding carboxylic acids is 4. The van der Waals surface area contributed by atoms with Gasteiger partial charge in [0.2, 0.25) is 5.91 Å². The van der Waals surface area contributed by atoms with Crippen molar-refractivity contribution in [3.05, 3.63) is 76.5 Å². The number of amides is 4. The molecular weight excluding hydrogens is 736 g/mol. The van der Waals surface area contributed by atoms with Crippen LogP contribution in [-0.4, -0.2) is 113 Å². The Morgan fingerprint density at radius 2 is 1.76 bits per heavy atom. The molecule has 2 aromatic carbocycles. The van der Waals surface area contributed by atoms with E-state index in [0.29, 0.717) is 75.7 Å². The van der Waals surface area contributed by atoms with E-state index in [-0.39, 0.29) is 57.5 Å². The summed E-state index contributed by atoms with van der Waals surface area (Å²) in [6.45, 7) is 7.15. The molecule has 14 nitrogen and oxygen atoms in total. The first-order valence-electron chi connectivity index (χ1n) is 18.1. The second-order valence-electron chi connectivity index (χ2n) is 13.7. The van der Waals surface area contributed by atoms with E-state index in [1.165, 1.54) is 48.3 Å². The van der Waals surface area contributed by atoms with Crippen molar-refractivity contribution in [2.45, 2.75) is 33.2 Å². The fourth-order valence-electron chi connectivity index (χ4n) is 6.79. The fourth-order valence-corrected chi connectivity index (χ4v) is 7.05. The quantitative estimate of drug-likeness (QED) is 0.167. The molecule has 1 saturated heterocycles. The lowest BCUT2D eigenvalue weighted by molar-refractivity contribution is -0.870. The standard InChI is InChI=1S/C38H46ClF2N9O5/c1-6-48(16-15-46(3)22-32(42)51)37(53)24-11-13-49(14-12-24)38(54)27-8-7-25(19-30(27)39)45-36(52)35-43-21-31(47(35)4)28-10-9-26(33(40)34(28)41)29-20-44-50(23(29)2)17-18-55-5/h7-10,19-21,24H,6,11-18,22H2,1-5H3,(H2,42,51)(H,45,52)/p+1. The van der Waals surface area contributed by atoms with Crippen molar-refractivity contribution in [2.75, 3.05) is 65.3 Å². The van der Waals surface area contributed by atoms with Crippen molar-refractivity contribution in [3.8, 4) is 22.4 Å². The fraction of sp³-hybridized carbons (Fsp3) is 0.421. The molecule has 0 spiro atoms. The number of ether oxygens (including phenoxy) is 1. The number of nitrogens with two attached hydrogens (primary N) is 1. The van der Waals surface area contributed by atoms with E-state index in [1.807, 2.05) is 14.0 Å². The van der Waals surface area contributed by atoms with E-state index in [1.54, 1.807) is 34.6 Å². The summed E-state index contributed by atoms with van der Waals surface area (Å²) in [7, 11) is 4.94. The van der Waals surface area contributed by atoms with Crippen molar-refractivity contribution in [1.82, 2.24) is 29.1 Å². The van der Waals surface area contributed by atoms with E-state index >= 15 is 8.78 Å². The van der Waals surface area contributed by atoms with Crippen LogP contribution in [0.15, 0.2) is 42.7 Å². The maximum atomic E-state index is 15.5. The average Bonchev–Trinajstić information content (AvgIpc) is 3.72. The Hall–Kier alpha value is -5.19. The highest BCUT2D eigenvalue weighted by atomic mass is 35.5. The highest BCUT2D eigenvalue weighted by Crippen LogP contribution is 2.33. The van der Waals surface area contributed by atoms with Crippen LogP contribution in [0.4, 0.5) is 14.5 Å². The molecule has 0 radical (unpaired) electrons. The molecule has 0 aliphatic carbocycles. The summed E-state index contributed by atoms with van der Waals surface area (Å²) in [4.78, 5) is 59.7. The molecule has 1 fully saturated rings. The number of methoxy groups -OCH3 is 1. The molecule has 4 N–H and O–H groups in total. The molecule has 294 valence electrons. The minimum absolute atomic E-state index is 0.0307. The van der Waals surface area contributed by atoms with Crippen LogP contribution >= 0.6 is 11.6 Å². The number of nitrogens with one attached hydrogen (secondary N) is 2. The number of anilines is 1. The maximum absolute atomic E-state index is 15.5. The molecular formula is C38H47ClF2N9O5+. The van der Waals surface area contributed by atoms with E-state index in [4.69, 9.17) is 22.1 Å². The molecule has 0 saturated carbocycles. The van der Waals surface area contributed by atoms with Gasteiger partial charge in [0, 0.05) is 67.8 Å². The number of piperidine rings is 1. The van der Waals surface area contributed by atoms with Gasteiger partial charge in [-0.15, -0.1) is 0 Å². The zero-order valence-corrected chi connectivity index (χ0v) is 32.4. The van der Waals surface area contributed by atoms with Gasteiger partial charge < -0.3 is 35.1 Å². The molecule has 2 aromatic heterocycles. The number of rotatable bonds is 15. The largest absolute Gasteiger partial charge is 0.383 e. The van der Waals surface area contributed by atoms with Crippen molar-refractivity contribution < 1.29 is 37.6 Å². The number of hydrogen-bond donors (Lipinski definition) is 3. The Labute approximate surface area is 323 Å². The number of primary amides is 1. The van der Waals surface area contributed by atoms with Crippen LogP contribution in [0.5, 0.6) is 0 Å². The minimum atomic E-state index is -1.09. The zero-order valence-electron chi connectivity index (χ0n) is 31.6. The number of likely N-dealkylation sites (tertiary alicyclic amines) is 1. The molecule has 1 aliphatic rings. The third-order valence-corrected chi connectivity index (χ3v) is 10.3. The number of carbonyl (C=O) groups is 4. The Morgan fingerprint density at radius 1 is 1.07 bits per heavy atom. The van der Waals surface area contributed by atoms with Crippen molar-refractivity contribution in [3.63, 3.8) is 0 Å². The van der Waals surface area contributed by atoms with Gasteiger partial charge in [-0.2, -0.15) is 5.10 Å². The molecule has 5 rings (SSSR count). The van der Waals surface area contributed by atoms with Crippen LogP contribution in [0.2, 0.25) is 5.02 Å². The van der Waals surface area contributed by atoms with Crippen LogP contribution in [0.1, 0.15) is 46.4 Å². The SMILES string of the molecule is CCN(CC[NH+](C)CC(N)=O)C(=O)C1CCN(C(=O)c2ccc(NC(=O)c3ncc(-c4ccc(-c5cnn(CCOC)c5C)c(F)c4F)n3C)cc2Cl)CC1. The van der Waals surface area contributed by atoms with Crippen LogP contribution in [0, 0.1) is 24.5 Å². The Kier molecular flexibility index (Phi) is 13.4. The van der Waals surface area contributed by atoms with E-state index < -0.39 is 23.4 Å². The van der Waals surface area contributed by atoms with E-state index in [0.717, 1.165) is 4.90 Å². The normalized spacial score (nSPS) is 13.9. The summed E-state index contributed by atoms with van der Waals surface area (Å²) in [6, 6.07) is 7.42. The second-order valence-corrected chi connectivity index (χ2v) is 14.1. The van der Waals surface area contributed by atoms with Gasteiger partial charge >= 0.3 is 0 Å². The molecule has 4 aromatic rings. The highest BCUT2D eigenvalue weighted by molar-refractivity contribution is 6.34. The van der Waals surface area contributed by atoms with Gasteiger partial charge in [0.25, 0.3) is 17.7 Å². The Morgan fingerprint density at radius 3 is 2.42 bits per heavy atom. The molecule has 4 amide bonds. The Balaban J connectivity index is 1.20. The van der Waals surface area contributed by atoms with Gasteiger partial charge in [0.1, 0.15) is 0 Å². The predicted octanol–water partition coefficient (Wildman–Crippen LogP) is 2.79. The number of nitrogens with zero attached hydrogens (tertiary/aromatic N) is 6. The van der Waals surface area contributed by atoms with Gasteiger partial charge in [-0.25, -0.2) is 13.8 Å². The first kappa shape index (κ1) is 41.0. The van der Waals surface area contributed by atoms with Crippen LogP contribution in [-0.2, 0) is 27.9 Å². The summed E-state index contributed by atoms with van der Waals surface area (Å²) in [5.41, 5.74) is 7.10. The Bertz CT molecular complexity index is 2060. The minimum Gasteiger partial charge on any atom is -0.383 e. The average molecular weight is 783 g/mol. The summed E-state index contributed by atoms with van der Waals surface area (Å²) >= 11 is 6.54. The van der Waals surface area contributed by atoms with Gasteiger partial charge in [-0.05, 0) is 51.0 Å². The third kappa shape index (κ3) is 9.20. The lowest BCUT2D eigenvalue weighted by atomic mass is 9.94. The molecule has 0 bridgehead atoms. The van der Waals surface area contributed by atoms with Gasteiger partial charge in [0.05, 0.1) is 62.0 Å².